The first kappa shape index (κ1) is 13.0. The van der Waals surface area contributed by atoms with Gasteiger partial charge in [-0.1, -0.05) is 42.5 Å². The minimum absolute atomic E-state index is 0.0445. The second-order valence-electron chi connectivity index (χ2n) is 4.36. The quantitative estimate of drug-likeness (QED) is 0.723. The van der Waals surface area contributed by atoms with Gasteiger partial charge >= 0.3 is 0 Å². The predicted octanol–water partition coefficient (Wildman–Crippen LogP) is 2.32. The van der Waals surface area contributed by atoms with Crippen LogP contribution in [0.1, 0.15) is 12.0 Å². The summed E-state index contributed by atoms with van der Waals surface area (Å²) in [4.78, 5) is 11.6. The molecule has 1 aromatic rings. The molecule has 0 amide bonds. The normalized spacial score (nSPS) is 19.4. The molecule has 1 aromatic carbocycles. The molecule has 3 heteroatoms. The highest BCUT2D eigenvalue weighted by atomic mass is 16.5. The number of hydrogen-bond acceptors (Lipinski definition) is 3. The molecule has 1 aliphatic heterocycles. The van der Waals surface area contributed by atoms with Crippen LogP contribution in [-0.4, -0.2) is 32.2 Å². The Morgan fingerprint density at radius 3 is 2.94 bits per heavy atom. The molecule has 0 spiro atoms. The molecule has 1 aliphatic rings. The van der Waals surface area contributed by atoms with Crippen LogP contribution in [0.5, 0.6) is 0 Å². The number of Topliss-reactive ketones (excluding diaryl/α,β-unsaturated/α-hetero) is 1. The topological polar surface area (TPSA) is 35.5 Å². The van der Waals surface area contributed by atoms with Crippen molar-refractivity contribution in [2.75, 3.05) is 26.4 Å². The van der Waals surface area contributed by atoms with Crippen molar-refractivity contribution in [2.24, 2.45) is 5.92 Å². The van der Waals surface area contributed by atoms with Gasteiger partial charge in [0.15, 0.2) is 5.78 Å². The summed E-state index contributed by atoms with van der Waals surface area (Å²) in [6, 6.07) is 10.0. The highest BCUT2D eigenvalue weighted by Gasteiger charge is 2.22. The van der Waals surface area contributed by atoms with E-state index in [0.717, 1.165) is 12.0 Å². The maximum atomic E-state index is 11.6. The molecule has 1 atom stereocenters. The van der Waals surface area contributed by atoms with E-state index in [2.05, 4.69) is 0 Å². The lowest BCUT2D eigenvalue weighted by atomic mass is 10.0. The van der Waals surface area contributed by atoms with Crippen LogP contribution in [0.25, 0.3) is 6.08 Å². The number of rotatable bonds is 6. The van der Waals surface area contributed by atoms with Gasteiger partial charge in [0, 0.05) is 12.5 Å². The smallest absolute Gasteiger partial charge is 0.163 e. The fraction of sp³-hybridized carbons (Fsp3) is 0.400. The van der Waals surface area contributed by atoms with Crippen molar-refractivity contribution in [3.63, 3.8) is 0 Å². The molecule has 0 aliphatic carbocycles. The first-order valence-corrected chi connectivity index (χ1v) is 6.26. The number of carbonyl (C=O) groups excluding carboxylic acids is 1. The maximum Gasteiger partial charge on any atom is 0.163 e. The highest BCUT2D eigenvalue weighted by Crippen LogP contribution is 2.13. The van der Waals surface area contributed by atoms with E-state index in [0.29, 0.717) is 19.8 Å². The molecule has 0 bridgehead atoms. The van der Waals surface area contributed by atoms with E-state index < -0.39 is 0 Å². The summed E-state index contributed by atoms with van der Waals surface area (Å²) in [5.74, 6) is 0.198. The maximum absolute atomic E-state index is 11.6. The van der Waals surface area contributed by atoms with E-state index in [-0.39, 0.29) is 18.3 Å². The van der Waals surface area contributed by atoms with Crippen molar-refractivity contribution in [3.05, 3.63) is 42.0 Å². The van der Waals surface area contributed by atoms with Crippen LogP contribution in [0.4, 0.5) is 0 Å². The summed E-state index contributed by atoms with van der Waals surface area (Å²) in [6.45, 7) is 1.91. The monoisotopic (exact) mass is 246 g/mol. The Hall–Kier alpha value is -1.45. The van der Waals surface area contributed by atoms with Gasteiger partial charge in [-0.25, -0.2) is 0 Å². The van der Waals surface area contributed by atoms with Crippen LogP contribution in [0.3, 0.4) is 0 Å². The second kappa shape index (κ2) is 7.09. The number of ketones is 1. The van der Waals surface area contributed by atoms with Crippen molar-refractivity contribution in [3.8, 4) is 0 Å². The predicted molar refractivity (Wildman–Crippen MR) is 70.2 cm³/mol. The molecule has 0 radical (unpaired) electrons. The Morgan fingerprint density at radius 2 is 2.22 bits per heavy atom. The van der Waals surface area contributed by atoms with Gasteiger partial charge in [-0.05, 0) is 12.0 Å². The second-order valence-corrected chi connectivity index (χ2v) is 4.36. The van der Waals surface area contributed by atoms with Crippen LogP contribution in [0, 0.1) is 5.92 Å². The van der Waals surface area contributed by atoms with Gasteiger partial charge in [0.1, 0.15) is 6.61 Å². The Kier molecular flexibility index (Phi) is 5.12. The van der Waals surface area contributed by atoms with Gasteiger partial charge in [0.05, 0.1) is 13.2 Å². The zero-order valence-corrected chi connectivity index (χ0v) is 10.4. The summed E-state index contributed by atoms with van der Waals surface area (Å²) in [7, 11) is 0. The Balaban J connectivity index is 1.64. The Morgan fingerprint density at radius 1 is 1.39 bits per heavy atom. The van der Waals surface area contributed by atoms with E-state index in [9.17, 15) is 4.79 Å². The first-order valence-electron chi connectivity index (χ1n) is 6.26. The summed E-state index contributed by atoms with van der Waals surface area (Å²) < 4.78 is 10.5. The van der Waals surface area contributed by atoms with Gasteiger partial charge in [-0.3, -0.25) is 4.79 Å². The lowest BCUT2D eigenvalue weighted by Gasteiger charge is -2.05. The minimum Gasteiger partial charge on any atom is -0.381 e. The summed E-state index contributed by atoms with van der Waals surface area (Å²) in [5.41, 5.74) is 1.14. The third kappa shape index (κ3) is 4.09. The average molecular weight is 246 g/mol. The lowest BCUT2D eigenvalue weighted by molar-refractivity contribution is -0.127. The van der Waals surface area contributed by atoms with E-state index in [1.165, 1.54) is 0 Å². The largest absolute Gasteiger partial charge is 0.381 e. The number of benzene rings is 1. The van der Waals surface area contributed by atoms with Gasteiger partial charge < -0.3 is 9.47 Å². The van der Waals surface area contributed by atoms with Crippen LogP contribution in [-0.2, 0) is 14.3 Å². The van der Waals surface area contributed by atoms with Crippen LogP contribution in [0.2, 0.25) is 0 Å². The molecular formula is C15H18O3. The molecular weight excluding hydrogens is 228 g/mol. The fourth-order valence-electron chi connectivity index (χ4n) is 1.88. The standard InChI is InChI=1S/C15H18O3/c16-15(14-8-10-18-11-14)12-17-9-4-7-13-5-2-1-3-6-13/h1-7,14H,8-12H2/b7-4+. The Labute approximate surface area is 107 Å². The van der Waals surface area contributed by atoms with Gasteiger partial charge in [-0.2, -0.15) is 0 Å². The van der Waals surface area contributed by atoms with Crippen molar-refractivity contribution < 1.29 is 14.3 Å². The molecule has 0 saturated carbocycles. The average Bonchev–Trinajstić information content (AvgIpc) is 2.93. The molecule has 0 N–H and O–H groups in total. The van der Waals surface area contributed by atoms with Gasteiger partial charge in [0.25, 0.3) is 0 Å². The zero-order valence-electron chi connectivity index (χ0n) is 10.4. The first-order chi connectivity index (χ1) is 8.86. The van der Waals surface area contributed by atoms with Crippen LogP contribution in [0.15, 0.2) is 36.4 Å². The molecule has 2 rings (SSSR count). The molecule has 1 heterocycles. The summed E-state index contributed by atoms with van der Waals surface area (Å²) in [6.07, 6.45) is 4.75. The van der Waals surface area contributed by atoms with Crippen molar-refractivity contribution in [2.45, 2.75) is 6.42 Å². The van der Waals surface area contributed by atoms with E-state index >= 15 is 0 Å². The molecule has 3 nitrogen and oxygen atoms in total. The van der Waals surface area contributed by atoms with Crippen LogP contribution < -0.4 is 0 Å². The number of ether oxygens (including phenoxy) is 2. The summed E-state index contributed by atoms with van der Waals surface area (Å²) >= 11 is 0. The minimum atomic E-state index is 0.0445. The number of carbonyl (C=O) groups is 1. The molecule has 96 valence electrons. The van der Waals surface area contributed by atoms with Gasteiger partial charge in [0.2, 0.25) is 0 Å². The van der Waals surface area contributed by atoms with E-state index in [1.807, 2.05) is 42.5 Å². The number of hydrogen-bond donors (Lipinski definition) is 0. The van der Waals surface area contributed by atoms with Crippen molar-refractivity contribution >= 4 is 11.9 Å². The molecule has 1 fully saturated rings. The SMILES string of the molecule is O=C(COC/C=C/c1ccccc1)C1CCOC1. The lowest BCUT2D eigenvalue weighted by Crippen LogP contribution is -2.20. The zero-order chi connectivity index (χ0) is 12.6. The Bertz CT molecular complexity index is 391. The third-order valence-electron chi connectivity index (χ3n) is 2.95. The highest BCUT2D eigenvalue weighted by molar-refractivity contribution is 5.82. The third-order valence-corrected chi connectivity index (χ3v) is 2.95. The van der Waals surface area contributed by atoms with Crippen LogP contribution >= 0.6 is 0 Å². The molecule has 18 heavy (non-hydrogen) atoms. The van der Waals surface area contributed by atoms with Gasteiger partial charge in [-0.15, -0.1) is 0 Å². The molecule has 1 saturated heterocycles. The molecule has 1 unspecified atom stereocenters. The van der Waals surface area contributed by atoms with Crippen molar-refractivity contribution in [1.29, 1.82) is 0 Å². The summed E-state index contributed by atoms with van der Waals surface area (Å²) in [5, 5.41) is 0. The fourth-order valence-corrected chi connectivity index (χ4v) is 1.88. The van der Waals surface area contributed by atoms with Crippen molar-refractivity contribution in [1.82, 2.24) is 0 Å². The van der Waals surface area contributed by atoms with E-state index in [4.69, 9.17) is 9.47 Å². The molecule has 0 aromatic heterocycles. The van der Waals surface area contributed by atoms with E-state index in [1.54, 1.807) is 0 Å².